The Morgan fingerprint density at radius 2 is 2.00 bits per heavy atom. The molecule has 21 heavy (non-hydrogen) atoms. The van der Waals surface area contributed by atoms with Crippen molar-refractivity contribution < 1.29 is 9.53 Å². The fraction of sp³-hybridized carbons (Fsp3) is 0.529. The molecule has 0 unspecified atom stereocenters. The molecule has 0 spiro atoms. The van der Waals surface area contributed by atoms with E-state index in [-0.39, 0.29) is 12.5 Å². The first-order chi connectivity index (χ1) is 10.0. The van der Waals surface area contributed by atoms with E-state index in [0.29, 0.717) is 5.75 Å². The van der Waals surface area contributed by atoms with Crippen molar-refractivity contribution in [2.75, 3.05) is 6.61 Å². The second kappa shape index (κ2) is 7.25. The van der Waals surface area contributed by atoms with Gasteiger partial charge in [-0.15, -0.1) is 0 Å². The zero-order valence-corrected chi connectivity index (χ0v) is 13.1. The van der Waals surface area contributed by atoms with E-state index in [0.717, 1.165) is 42.9 Å². The Labute approximate surface area is 126 Å². The van der Waals surface area contributed by atoms with Crippen molar-refractivity contribution in [3.8, 4) is 5.75 Å². The molecule has 1 saturated carbocycles. The van der Waals surface area contributed by atoms with Crippen LogP contribution in [0.5, 0.6) is 5.75 Å². The number of rotatable bonds is 4. The first-order valence-corrected chi connectivity index (χ1v) is 7.59. The number of hydrazone groups is 1. The summed E-state index contributed by atoms with van der Waals surface area (Å²) in [5.41, 5.74) is 6.05. The van der Waals surface area contributed by atoms with Crippen LogP contribution in [0.2, 0.25) is 0 Å². The van der Waals surface area contributed by atoms with Gasteiger partial charge in [0.1, 0.15) is 5.75 Å². The summed E-state index contributed by atoms with van der Waals surface area (Å²) >= 11 is 0. The van der Waals surface area contributed by atoms with Crippen molar-refractivity contribution in [3.63, 3.8) is 0 Å². The van der Waals surface area contributed by atoms with E-state index in [2.05, 4.69) is 17.5 Å². The van der Waals surface area contributed by atoms with Gasteiger partial charge < -0.3 is 4.74 Å². The Morgan fingerprint density at radius 3 is 2.67 bits per heavy atom. The topological polar surface area (TPSA) is 50.7 Å². The molecule has 0 aliphatic heterocycles. The summed E-state index contributed by atoms with van der Waals surface area (Å²) in [6.45, 7) is 6.33. The molecule has 1 aliphatic carbocycles. The number of amides is 1. The molecule has 0 saturated heterocycles. The lowest BCUT2D eigenvalue weighted by atomic mass is 9.90. The van der Waals surface area contributed by atoms with E-state index in [4.69, 9.17) is 4.74 Å². The van der Waals surface area contributed by atoms with Gasteiger partial charge in [-0.3, -0.25) is 4.79 Å². The quantitative estimate of drug-likeness (QED) is 0.864. The minimum Gasteiger partial charge on any atom is -0.484 e. The fourth-order valence-electron chi connectivity index (χ4n) is 2.33. The van der Waals surface area contributed by atoms with Gasteiger partial charge in [-0.2, -0.15) is 5.10 Å². The zero-order chi connectivity index (χ0) is 15.2. The number of hydrogen-bond acceptors (Lipinski definition) is 3. The zero-order valence-electron chi connectivity index (χ0n) is 13.1. The molecule has 4 heteroatoms. The van der Waals surface area contributed by atoms with Crippen molar-refractivity contribution in [2.24, 2.45) is 11.0 Å². The highest BCUT2D eigenvalue weighted by molar-refractivity contribution is 5.87. The van der Waals surface area contributed by atoms with Crippen LogP contribution in [0.15, 0.2) is 23.3 Å². The summed E-state index contributed by atoms with van der Waals surface area (Å²) in [6.07, 6.45) is 4.29. The number of aryl methyl sites for hydroxylation is 2. The fourth-order valence-corrected chi connectivity index (χ4v) is 2.33. The molecule has 1 aromatic carbocycles. The van der Waals surface area contributed by atoms with Crippen molar-refractivity contribution in [2.45, 2.75) is 46.5 Å². The molecule has 4 nitrogen and oxygen atoms in total. The predicted molar refractivity (Wildman–Crippen MR) is 84.6 cm³/mol. The lowest BCUT2D eigenvalue weighted by molar-refractivity contribution is -0.123. The second-order valence-corrected chi connectivity index (χ2v) is 5.93. The Balaban J connectivity index is 1.77. The lowest BCUT2D eigenvalue weighted by Gasteiger charge is -2.18. The second-order valence-electron chi connectivity index (χ2n) is 5.93. The number of carbonyl (C=O) groups excluding carboxylic acids is 1. The number of nitrogens with one attached hydrogen (secondary N) is 1. The summed E-state index contributed by atoms with van der Waals surface area (Å²) in [6, 6.07) is 5.81. The number of hydrogen-bond donors (Lipinski definition) is 1. The monoisotopic (exact) mass is 288 g/mol. The number of benzene rings is 1. The highest BCUT2D eigenvalue weighted by atomic mass is 16.5. The van der Waals surface area contributed by atoms with Crippen LogP contribution in [-0.2, 0) is 4.79 Å². The molecule has 0 bridgehead atoms. The van der Waals surface area contributed by atoms with Crippen LogP contribution in [0.1, 0.15) is 43.7 Å². The smallest absolute Gasteiger partial charge is 0.277 e. The van der Waals surface area contributed by atoms with E-state index in [1.54, 1.807) is 0 Å². The SMILES string of the molecule is Cc1ccc(OCC(=O)NN=C2CCC(C)CC2)cc1C. The molecule has 1 amide bonds. The number of nitrogens with zero attached hydrogens (tertiary/aromatic N) is 1. The van der Waals surface area contributed by atoms with Crippen molar-refractivity contribution in [1.82, 2.24) is 5.43 Å². The van der Waals surface area contributed by atoms with Crippen LogP contribution in [-0.4, -0.2) is 18.2 Å². The van der Waals surface area contributed by atoms with Gasteiger partial charge in [-0.05, 0) is 68.7 Å². The maximum atomic E-state index is 11.7. The summed E-state index contributed by atoms with van der Waals surface area (Å²) in [5.74, 6) is 1.28. The van der Waals surface area contributed by atoms with Crippen molar-refractivity contribution in [3.05, 3.63) is 29.3 Å². The summed E-state index contributed by atoms with van der Waals surface area (Å²) < 4.78 is 5.48. The van der Waals surface area contributed by atoms with Crippen molar-refractivity contribution >= 4 is 11.6 Å². The average molecular weight is 288 g/mol. The van der Waals surface area contributed by atoms with Gasteiger partial charge >= 0.3 is 0 Å². The highest BCUT2D eigenvalue weighted by Crippen LogP contribution is 2.21. The first-order valence-electron chi connectivity index (χ1n) is 7.59. The molecule has 0 heterocycles. The van der Waals surface area contributed by atoms with E-state index in [1.807, 2.05) is 32.0 Å². The van der Waals surface area contributed by atoms with Crippen LogP contribution >= 0.6 is 0 Å². The molecule has 0 aromatic heterocycles. The third-order valence-electron chi connectivity index (χ3n) is 4.04. The molecule has 1 aromatic rings. The predicted octanol–water partition coefficient (Wildman–Crippen LogP) is 3.36. The Morgan fingerprint density at radius 1 is 1.29 bits per heavy atom. The van der Waals surface area contributed by atoms with Gasteiger partial charge in [0.15, 0.2) is 6.61 Å². The third kappa shape index (κ3) is 4.88. The summed E-state index contributed by atoms with van der Waals surface area (Å²) in [7, 11) is 0. The third-order valence-corrected chi connectivity index (χ3v) is 4.04. The van der Waals surface area contributed by atoms with Crippen molar-refractivity contribution in [1.29, 1.82) is 0 Å². The van der Waals surface area contributed by atoms with Crippen LogP contribution in [0, 0.1) is 19.8 Å². The van der Waals surface area contributed by atoms with Gasteiger partial charge in [-0.25, -0.2) is 5.43 Å². The Hall–Kier alpha value is -1.84. The van der Waals surface area contributed by atoms with Crippen LogP contribution in [0.3, 0.4) is 0 Å². The van der Waals surface area contributed by atoms with E-state index in [1.165, 1.54) is 5.56 Å². The maximum Gasteiger partial charge on any atom is 0.277 e. The molecule has 1 fully saturated rings. The van der Waals surface area contributed by atoms with Gasteiger partial charge in [0, 0.05) is 5.71 Å². The standard InChI is InChI=1S/C17H24N2O2/c1-12-4-7-15(8-5-12)18-19-17(20)11-21-16-9-6-13(2)14(3)10-16/h6,9-10,12H,4-5,7-8,11H2,1-3H3,(H,19,20). The number of ether oxygens (including phenoxy) is 1. The minimum absolute atomic E-state index is 0.00428. The Bertz CT molecular complexity index is 528. The highest BCUT2D eigenvalue weighted by Gasteiger charge is 2.13. The Kier molecular flexibility index (Phi) is 5.37. The van der Waals surface area contributed by atoms with E-state index in [9.17, 15) is 4.79 Å². The van der Waals surface area contributed by atoms with Gasteiger partial charge in [0.25, 0.3) is 5.91 Å². The molecular formula is C17H24N2O2. The summed E-state index contributed by atoms with van der Waals surface area (Å²) in [4.78, 5) is 11.7. The molecular weight excluding hydrogens is 264 g/mol. The average Bonchev–Trinajstić information content (AvgIpc) is 2.48. The molecule has 0 radical (unpaired) electrons. The van der Waals surface area contributed by atoms with Crippen LogP contribution in [0.25, 0.3) is 0 Å². The lowest BCUT2D eigenvalue weighted by Crippen LogP contribution is -2.26. The molecule has 114 valence electrons. The van der Waals surface area contributed by atoms with Crippen LogP contribution in [0.4, 0.5) is 0 Å². The largest absolute Gasteiger partial charge is 0.484 e. The van der Waals surface area contributed by atoms with E-state index < -0.39 is 0 Å². The maximum absolute atomic E-state index is 11.7. The first kappa shape index (κ1) is 15.5. The van der Waals surface area contributed by atoms with Gasteiger partial charge in [0.2, 0.25) is 0 Å². The van der Waals surface area contributed by atoms with Gasteiger partial charge in [0.05, 0.1) is 0 Å². The number of carbonyl (C=O) groups is 1. The van der Waals surface area contributed by atoms with Crippen LogP contribution < -0.4 is 10.2 Å². The normalized spacial score (nSPS) is 18.2. The van der Waals surface area contributed by atoms with Gasteiger partial charge in [-0.1, -0.05) is 13.0 Å². The molecule has 0 atom stereocenters. The molecule has 1 N–H and O–H groups in total. The molecule has 1 aliphatic rings. The minimum atomic E-state index is -0.209. The molecule has 2 rings (SSSR count). The van der Waals surface area contributed by atoms with E-state index >= 15 is 0 Å². The summed E-state index contributed by atoms with van der Waals surface area (Å²) in [5, 5.41) is 4.20.